The molecule has 1 aromatic carbocycles. The molecule has 0 unspecified atom stereocenters. The highest BCUT2D eigenvalue weighted by Gasteiger charge is 2.24. The lowest BCUT2D eigenvalue weighted by Gasteiger charge is -2.24. The first-order chi connectivity index (χ1) is 8.59. The summed E-state index contributed by atoms with van der Waals surface area (Å²) >= 11 is 0. The van der Waals surface area contributed by atoms with Crippen LogP contribution in [0.3, 0.4) is 0 Å². The summed E-state index contributed by atoms with van der Waals surface area (Å²) in [6.45, 7) is 1.99. The molecule has 0 aromatic heterocycles. The van der Waals surface area contributed by atoms with Gasteiger partial charge in [-0.25, -0.2) is 4.39 Å². The Morgan fingerprint density at radius 1 is 1.39 bits per heavy atom. The van der Waals surface area contributed by atoms with E-state index < -0.39 is 0 Å². The van der Waals surface area contributed by atoms with E-state index >= 15 is 0 Å². The predicted octanol–water partition coefficient (Wildman–Crippen LogP) is 0.824. The zero-order valence-electron chi connectivity index (χ0n) is 10.7. The fourth-order valence-corrected chi connectivity index (χ4v) is 2.07. The number of hydrogen-bond acceptors (Lipinski definition) is 3. The van der Waals surface area contributed by atoms with Gasteiger partial charge in [-0.05, 0) is 25.7 Å². The lowest BCUT2D eigenvalue weighted by molar-refractivity contribution is -0.117. The molecule has 0 aliphatic carbocycles. The van der Waals surface area contributed by atoms with E-state index in [-0.39, 0.29) is 18.3 Å². The van der Waals surface area contributed by atoms with Crippen LogP contribution in [-0.2, 0) is 11.3 Å². The van der Waals surface area contributed by atoms with Crippen LogP contribution in [0.15, 0.2) is 18.2 Å². The molecule has 1 aliphatic heterocycles. The number of para-hydroxylation sites is 1. The highest BCUT2D eigenvalue weighted by Crippen LogP contribution is 2.26. The molecule has 18 heavy (non-hydrogen) atoms. The number of carbonyl (C=O) groups is 1. The minimum atomic E-state index is -0.330. The number of likely N-dealkylation sites (N-methyl/N-ethyl adjacent to an activating group) is 1. The molecule has 0 bridgehead atoms. The molecule has 5 heteroatoms. The van der Waals surface area contributed by atoms with Crippen molar-refractivity contribution in [2.24, 2.45) is 0 Å². The summed E-state index contributed by atoms with van der Waals surface area (Å²) in [5.41, 5.74) is 1.26. The Balaban J connectivity index is 2.34. The second-order valence-electron chi connectivity index (χ2n) is 4.70. The third-order valence-electron chi connectivity index (χ3n) is 3.00. The number of fused-ring (bicyclic) bond motifs is 1. The maximum absolute atomic E-state index is 14.0. The Hall–Kier alpha value is -1.46. The van der Waals surface area contributed by atoms with Crippen LogP contribution in [0.1, 0.15) is 5.56 Å². The zero-order valence-corrected chi connectivity index (χ0v) is 10.7. The summed E-state index contributed by atoms with van der Waals surface area (Å²) in [4.78, 5) is 15.5. The summed E-state index contributed by atoms with van der Waals surface area (Å²) in [7, 11) is 3.87. The van der Waals surface area contributed by atoms with Gasteiger partial charge < -0.3 is 15.1 Å². The van der Waals surface area contributed by atoms with Crippen LogP contribution >= 0.6 is 0 Å². The molecular weight excluding hydrogens is 233 g/mol. The average Bonchev–Trinajstić information content (AvgIpc) is 2.46. The molecule has 0 saturated heterocycles. The van der Waals surface area contributed by atoms with E-state index in [4.69, 9.17) is 0 Å². The average molecular weight is 251 g/mol. The summed E-state index contributed by atoms with van der Waals surface area (Å²) in [6.07, 6.45) is 0. The van der Waals surface area contributed by atoms with Crippen LogP contribution < -0.4 is 10.2 Å². The van der Waals surface area contributed by atoms with Crippen molar-refractivity contribution in [2.45, 2.75) is 6.54 Å². The number of nitrogens with zero attached hydrogens (tertiary/aromatic N) is 2. The fourth-order valence-electron chi connectivity index (χ4n) is 2.07. The predicted molar refractivity (Wildman–Crippen MR) is 69.0 cm³/mol. The van der Waals surface area contributed by atoms with Crippen molar-refractivity contribution in [3.8, 4) is 0 Å². The molecule has 0 fully saturated rings. The van der Waals surface area contributed by atoms with E-state index in [1.54, 1.807) is 11.0 Å². The molecule has 0 saturated carbocycles. The van der Waals surface area contributed by atoms with Crippen molar-refractivity contribution < 1.29 is 9.18 Å². The maximum Gasteiger partial charge on any atom is 0.241 e. The number of anilines is 1. The van der Waals surface area contributed by atoms with Crippen LogP contribution in [0.2, 0.25) is 0 Å². The Bertz CT molecular complexity index is 448. The third kappa shape index (κ3) is 2.68. The van der Waals surface area contributed by atoms with Crippen molar-refractivity contribution in [3.05, 3.63) is 29.6 Å². The highest BCUT2D eigenvalue weighted by atomic mass is 19.1. The number of halogens is 1. The summed E-state index contributed by atoms with van der Waals surface area (Å²) in [6, 6.07) is 4.93. The van der Waals surface area contributed by atoms with Gasteiger partial charge in [-0.1, -0.05) is 12.1 Å². The number of benzene rings is 1. The van der Waals surface area contributed by atoms with Gasteiger partial charge in [0.05, 0.1) is 12.2 Å². The van der Waals surface area contributed by atoms with E-state index in [2.05, 4.69) is 5.32 Å². The Kier molecular flexibility index (Phi) is 3.93. The minimum Gasteiger partial charge on any atom is -0.308 e. The molecule has 1 N–H and O–H groups in total. The van der Waals surface area contributed by atoms with Crippen molar-refractivity contribution in [1.82, 2.24) is 10.2 Å². The van der Waals surface area contributed by atoms with Crippen LogP contribution in [-0.4, -0.2) is 44.5 Å². The second-order valence-corrected chi connectivity index (χ2v) is 4.70. The summed E-state index contributed by atoms with van der Waals surface area (Å²) < 4.78 is 14.0. The summed E-state index contributed by atoms with van der Waals surface area (Å²) in [5, 5.41) is 3.03. The Morgan fingerprint density at radius 2 is 2.17 bits per heavy atom. The van der Waals surface area contributed by atoms with Crippen molar-refractivity contribution in [2.75, 3.05) is 38.6 Å². The zero-order chi connectivity index (χ0) is 13.1. The SMILES string of the molecule is CN(C)CCN1C(=O)CNCc2cccc(F)c21. The molecule has 98 valence electrons. The van der Waals surface area contributed by atoms with Crippen LogP contribution in [0, 0.1) is 5.82 Å². The number of amides is 1. The highest BCUT2D eigenvalue weighted by molar-refractivity contribution is 5.96. The number of rotatable bonds is 3. The fraction of sp³-hybridized carbons (Fsp3) is 0.462. The van der Waals surface area contributed by atoms with Gasteiger partial charge in [0, 0.05) is 19.6 Å². The van der Waals surface area contributed by atoms with Crippen molar-refractivity contribution in [1.29, 1.82) is 0 Å². The first kappa shape index (κ1) is 13.0. The molecule has 0 atom stereocenters. The van der Waals surface area contributed by atoms with E-state index in [0.29, 0.717) is 25.3 Å². The van der Waals surface area contributed by atoms with Gasteiger partial charge in [-0.15, -0.1) is 0 Å². The number of nitrogens with one attached hydrogen (secondary N) is 1. The number of hydrogen-bond donors (Lipinski definition) is 1. The molecule has 1 aromatic rings. The van der Waals surface area contributed by atoms with Crippen molar-refractivity contribution in [3.63, 3.8) is 0 Å². The third-order valence-corrected chi connectivity index (χ3v) is 3.00. The standard InChI is InChI=1S/C13H18FN3O/c1-16(2)6-7-17-12(18)9-15-8-10-4-3-5-11(14)13(10)17/h3-5,15H,6-9H2,1-2H3. The van der Waals surface area contributed by atoms with Crippen molar-refractivity contribution >= 4 is 11.6 Å². The van der Waals surface area contributed by atoms with Gasteiger partial charge in [0.1, 0.15) is 5.82 Å². The van der Waals surface area contributed by atoms with Gasteiger partial charge in [-0.3, -0.25) is 4.79 Å². The van der Waals surface area contributed by atoms with E-state index in [9.17, 15) is 9.18 Å². The molecule has 1 aliphatic rings. The Labute approximate surface area is 106 Å². The van der Waals surface area contributed by atoms with Gasteiger partial charge in [0.15, 0.2) is 0 Å². The molecule has 1 amide bonds. The molecule has 0 radical (unpaired) electrons. The minimum absolute atomic E-state index is 0.0827. The quantitative estimate of drug-likeness (QED) is 0.864. The second kappa shape index (κ2) is 5.46. The van der Waals surface area contributed by atoms with Crippen LogP contribution in [0.5, 0.6) is 0 Å². The first-order valence-electron chi connectivity index (χ1n) is 6.03. The molecule has 2 rings (SSSR count). The van der Waals surface area contributed by atoms with E-state index in [1.165, 1.54) is 6.07 Å². The monoisotopic (exact) mass is 251 g/mol. The lowest BCUT2D eigenvalue weighted by atomic mass is 10.1. The van der Waals surface area contributed by atoms with Crippen LogP contribution in [0.4, 0.5) is 10.1 Å². The van der Waals surface area contributed by atoms with Gasteiger partial charge in [0.2, 0.25) is 5.91 Å². The normalized spacial score (nSPS) is 15.8. The van der Waals surface area contributed by atoms with E-state index in [1.807, 2.05) is 25.1 Å². The largest absolute Gasteiger partial charge is 0.308 e. The number of carbonyl (C=O) groups excluding carboxylic acids is 1. The van der Waals surface area contributed by atoms with Gasteiger partial charge in [0.25, 0.3) is 0 Å². The van der Waals surface area contributed by atoms with Gasteiger partial charge >= 0.3 is 0 Å². The molecule has 0 spiro atoms. The summed E-state index contributed by atoms with van der Waals surface area (Å²) in [5.74, 6) is -0.413. The Morgan fingerprint density at radius 3 is 2.89 bits per heavy atom. The molecular formula is C13H18FN3O. The lowest BCUT2D eigenvalue weighted by Crippen LogP contribution is -2.40. The van der Waals surface area contributed by atoms with Gasteiger partial charge in [-0.2, -0.15) is 0 Å². The smallest absolute Gasteiger partial charge is 0.241 e. The van der Waals surface area contributed by atoms with Crippen LogP contribution in [0.25, 0.3) is 0 Å². The topological polar surface area (TPSA) is 35.6 Å². The van der Waals surface area contributed by atoms with E-state index in [0.717, 1.165) is 5.56 Å². The first-order valence-corrected chi connectivity index (χ1v) is 6.03. The maximum atomic E-state index is 14.0. The molecule has 4 nitrogen and oxygen atoms in total. The molecule has 1 heterocycles.